The molecule has 3 aromatic rings. The Kier molecular flexibility index (Phi) is 5.86. The zero-order chi connectivity index (χ0) is 19.4. The topological polar surface area (TPSA) is 42.4 Å². The summed E-state index contributed by atoms with van der Waals surface area (Å²) in [5.41, 5.74) is 2.54. The van der Waals surface area contributed by atoms with Crippen molar-refractivity contribution in [2.75, 3.05) is 20.2 Å². The van der Waals surface area contributed by atoms with Crippen LogP contribution in [0, 0.1) is 19.7 Å². The molecule has 27 heavy (non-hydrogen) atoms. The number of amides is 1. The molecule has 0 saturated heterocycles. The lowest BCUT2D eigenvalue weighted by Gasteiger charge is -2.17. The van der Waals surface area contributed by atoms with Gasteiger partial charge < -0.3 is 9.64 Å². The lowest BCUT2D eigenvalue weighted by Crippen LogP contribution is -2.30. The Hall–Kier alpha value is -2.73. The van der Waals surface area contributed by atoms with Crippen molar-refractivity contribution in [3.8, 4) is 16.3 Å². The molecule has 0 saturated carbocycles. The third-order valence-electron chi connectivity index (χ3n) is 4.21. The fourth-order valence-corrected chi connectivity index (χ4v) is 3.66. The van der Waals surface area contributed by atoms with Crippen LogP contribution in [0.3, 0.4) is 0 Å². The highest BCUT2D eigenvalue weighted by Gasteiger charge is 2.19. The number of ether oxygens (including phenoxy) is 1. The highest BCUT2D eigenvalue weighted by molar-refractivity contribution is 7.17. The average molecular weight is 384 g/mol. The van der Waals surface area contributed by atoms with Crippen molar-refractivity contribution in [3.63, 3.8) is 0 Å². The van der Waals surface area contributed by atoms with Gasteiger partial charge in [0.1, 0.15) is 28.1 Å². The summed E-state index contributed by atoms with van der Waals surface area (Å²) < 4.78 is 18.9. The molecule has 0 N–H and O–H groups in total. The summed E-state index contributed by atoms with van der Waals surface area (Å²) in [7, 11) is 1.75. The Morgan fingerprint density at radius 2 is 1.85 bits per heavy atom. The van der Waals surface area contributed by atoms with Crippen LogP contribution in [0.25, 0.3) is 10.6 Å². The number of aromatic nitrogens is 1. The van der Waals surface area contributed by atoms with Gasteiger partial charge >= 0.3 is 0 Å². The maximum absolute atomic E-state index is 13.1. The van der Waals surface area contributed by atoms with Crippen LogP contribution in [0.5, 0.6) is 5.75 Å². The fourth-order valence-electron chi connectivity index (χ4n) is 2.60. The van der Waals surface area contributed by atoms with E-state index in [0.29, 0.717) is 28.7 Å². The van der Waals surface area contributed by atoms with Gasteiger partial charge in [-0.3, -0.25) is 4.79 Å². The second-order valence-electron chi connectivity index (χ2n) is 6.28. The molecule has 3 rings (SSSR count). The molecule has 0 spiro atoms. The molecule has 0 aliphatic heterocycles. The van der Waals surface area contributed by atoms with E-state index in [2.05, 4.69) is 4.98 Å². The largest absolute Gasteiger partial charge is 0.491 e. The molecule has 1 heterocycles. The van der Waals surface area contributed by atoms with Gasteiger partial charge in [-0.2, -0.15) is 0 Å². The van der Waals surface area contributed by atoms with Gasteiger partial charge in [0.2, 0.25) is 0 Å². The number of nitrogens with zero attached hydrogens (tertiary/aromatic N) is 2. The normalized spacial score (nSPS) is 10.7. The lowest BCUT2D eigenvalue weighted by molar-refractivity contribution is 0.0777. The first-order valence-electron chi connectivity index (χ1n) is 8.63. The molecule has 0 radical (unpaired) electrons. The molecule has 0 atom stereocenters. The van der Waals surface area contributed by atoms with E-state index >= 15 is 0 Å². The van der Waals surface area contributed by atoms with E-state index in [-0.39, 0.29) is 11.7 Å². The second kappa shape index (κ2) is 8.31. The zero-order valence-electron chi connectivity index (χ0n) is 15.5. The monoisotopic (exact) mass is 384 g/mol. The standard InChI is InChI=1S/C21H21FN2O2S/c1-14-6-4-5-7-18(14)26-13-12-24(3)21(25)19-15(2)23-20(27-19)16-8-10-17(22)11-9-16/h4-11H,12-13H2,1-3H3. The number of benzene rings is 2. The van der Waals surface area contributed by atoms with Crippen LogP contribution in [0.4, 0.5) is 4.39 Å². The van der Waals surface area contributed by atoms with Crippen LogP contribution in [0.1, 0.15) is 20.9 Å². The predicted octanol–water partition coefficient (Wildman–Crippen LogP) is 4.72. The van der Waals surface area contributed by atoms with Gasteiger partial charge in [-0.05, 0) is 49.7 Å². The number of halogens is 1. The summed E-state index contributed by atoms with van der Waals surface area (Å²) in [5, 5.41) is 0.709. The van der Waals surface area contributed by atoms with E-state index in [4.69, 9.17) is 4.74 Å². The number of likely N-dealkylation sites (N-methyl/N-ethyl adjacent to an activating group) is 1. The summed E-state index contributed by atoms with van der Waals surface area (Å²) in [5.74, 6) is 0.439. The minimum atomic E-state index is -0.295. The molecule has 0 aliphatic rings. The van der Waals surface area contributed by atoms with Crippen LogP contribution >= 0.6 is 11.3 Å². The molecular formula is C21H21FN2O2S. The van der Waals surface area contributed by atoms with Gasteiger partial charge in [0.15, 0.2) is 0 Å². The maximum Gasteiger partial charge on any atom is 0.265 e. The number of carbonyl (C=O) groups is 1. The Morgan fingerprint density at radius 3 is 2.56 bits per heavy atom. The second-order valence-corrected chi connectivity index (χ2v) is 7.28. The summed E-state index contributed by atoms with van der Waals surface area (Å²) in [4.78, 5) is 19.4. The van der Waals surface area contributed by atoms with E-state index in [1.54, 1.807) is 24.1 Å². The molecule has 140 valence electrons. The fraction of sp³-hybridized carbons (Fsp3) is 0.238. The SMILES string of the molecule is Cc1ccccc1OCCN(C)C(=O)c1sc(-c2ccc(F)cc2)nc1C. The first-order chi connectivity index (χ1) is 13.0. The van der Waals surface area contributed by atoms with Crippen molar-refractivity contribution in [1.29, 1.82) is 0 Å². The zero-order valence-corrected chi connectivity index (χ0v) is 16.3. The van der Waals surface area contributed by atoms with E-state index in [0.717, 1.165) is 16.9 Å². The molecule has 0 fully saturated rings. The quantitative estimate of drug-likeness (QED) is 0.618. The number of rotatable bonds is 6. The van der Waals surface area contributed by atoms with Gasteiger partial charge in [0.25, 0.3) is 5.91 Å². The van der Waals surface area contributed by atoms with E-state index in [1.165, 1.54) is 23.5 Å². The van der Waals surface area contributed by atoms with Gasteiger partial charge in [0, 0.05) is 12.6 Å². The number of hydrogen-bond donors (Lipinski definition) is 0. The van der Waals surface area contributed by atoms with E-state index in [9.17, 15) is 9.18 Å². The number of thiazole rings is 1. The molecule has 1 amide bonds. The van der Waals surface area contributed by atoms with Crippen molar-refractivity contribution in [2.45, 2.75) is 13.8 Å². The smallest absolute Gasteiger partial charge is 0.265 e. The summed E-state index contributed by atoms with van der Waals surface area (Å²) >= 11 is 1.32. The van der Waals surface area contributed by atoms with Crippen LogP contribution in [-0.2, 0) is 0 Å². The predicted molar refractivity (Wildman–Crippen MR) is 106 cm³/mol. The lowest BCUT2D eigenvalue weighted by atomic mass is 10.2. The molecule has 0 unspecified atom stereocenters. The van der Waals surface area contributed by atoms with Crippen molar-refractivity contribution < 1.29 is 13.9 Å². The maximum atomic E-state index is 13.1. The minimum absolute atomic E-state index is 0.0910. The van der Waals surface area contributed by atoms with Crippen molar-refractivity contribution >= 4 is 17.2 Å². The average Bonchev–Trinajstić information content (AvgIpc) is 3.04. The number of aryl methyl sites for hydroxylation is 2. The first kappa shape index (κ1) is 19.0. The highest BCUT2D eigenvalue weighted by Crippen LogP contribution is 2.28. The van der Waals surface area contributed by atoms with Crippen molar-refractivity contribution in [2.24, 2.45) is 0 Å². The molecule has 0 aliphatic carbocycles. The first-order valence-corrected chi connectivity index (χ1v) is 9.44. The molecule has 4 nitrogen and oxygen atoms in total. The Labute approximate surface area is 162 Å². The van der Waals surface area contributed by atoms with Gasteiger partial charge in [-0.15, -0.1) is 11.3 Å². The number of carbonyl (C=O) groups excluding carboxylic acids is 1. The van der Waals surface area contributed by atoms with E-state index < -0.39 is 0 Å². The van der Waals surface area contributed by atoms with Crippen LogP contribution in [0.2, 0.25) is 0 Å². The Balaban J connectivity index is 1.64. The third-order valence-corrected chi connectivity index (χ3v) is 5.40. The van der Waals surface area contributed by atoms with Crippen molar-refractivity contribution in [1.82, 2.24) is 9.88 Å². The Bertz CT molecular complexity index is 938. The van der Waals surface area contributed by atoms with E-state index in [1.807, 2.05) is 38.1 Å². The van der Waals surface area contributed by atoms with Crippen molar-refractivity contribution in [3.05, 3.63) is 70.5 Å². The van der Waals surface area contributed by atoms with Crippen LogP contribution in [-0.4, -0.2) is 36.0 Å². The molecule has 2 aromatic carbocycles. The Morgan fingerprint density at radius 1 is 1.15 bits per heavy atom. The number of para-hydroxylation sites is 1. The van der Waals surface area contributed by atoms with Crippen LogP contribution in [0.15, 0.2) is 48.5 Å². The van der Waals surface area contributed by atoms with Gasteiger partial charge in [-0.25, -0.2) is 9.37 Å². The molecular weight excluding hydrogens is 363 g/mol. The van der Waals surface area contributed by atoms with Gasteiger partial charge in [-0.1, -0.05) is 18.2 Å². The molecule has 6 heteroatoms. The highest BCUT2D eigenvalue weighted by atomic mass is 32.1. The minimum Gasteiger partial charge on any atom is -0.491 e. The summed E-state index contributed by atoms with van der Waals surface area (Å²) in [6.45, 7) is 4.68. The van der Waals surface area contributed by atoms with Crippen LogP contribution < -0.4 is 4.74 Å². The summed E-state index contributed by atoms with van der Waals surface area (Å²) in [6.07, 6.45) is 0. The number of hydrogen-bond acceptors (Lipinski definition) is 4. The molecule has 1 aromatic heterocycles. The summed E-state index contributed by atoms with van der Waals surface area (Å²) in [6, 6.07) is 13.9. The third kappa shape index (κ3) is 4.52. The molecule has 0 bridgehead atoms. The van der Waals surface area contributed by atoms with Gasteiger partial charge in [0.05, 0.1) is 12.2 Å².